The first-order chi connectivity index (χ1) is 15.0. The number of ketones is 1. The molecule has 2 aliphatic rings. The van der Waals surface area contributed by atoms with E-state index in [9.17, 15) is 14.4 Å². The molecule has 3 radical (unpaired) electrons. The van der Waals surface area contributed by atoms with Crippen LogP contribution < -0.4 is 0 Å². The summed E-state index contributed by atoms with van der Waals surface area (Å²) < 4.78 is 21.6. The van der Waals surface area contributed by atoms with Gasteiger partial charge in [0.2, 0.25) is 0 Å². The molecule has 0 aromatic rings. The SMILES string of the molecule is [B][C@H]1[CH-][C@H](O)[C@@H](CO)C1.[CH2-]CC(=O)COC1OC(COC(C)=O)C(OC(C)=O)C(C)C1C.[CH3-].[V+2].[W]. The summed E-state index contributed by atoms with van der Waals surface area (Å²) in [5.74, 6) is -1.27. The second-order valence-electron chi connectivity index (χ2n) is 8.26. The smallest absolute Gasteiger partial charge is 0.463 e. The van der Waals surface area contributed by atoms with Crippen molar-refractivity contribution in [2.24, 2.45) is 17.8 Å². The Morgan fingerprint density at radius 2 is 1.77 bits per heavy atom. The molecular weight excluding hydrogens is 666 g/mol. The summed E-state index contributed by atoms with van der Waals surface area (Å²) in [4.78, 5) is 33.7. The first-order valence-electron chi connectivity index (χ1n) is 10.8. The van der Waals surface area contributed by atoms with E-state index in [1.807, 2.05) is 13.8 Å². The van der Waals surface area contributed by atoms with Crippen LogP contribution in [0.15, 0.2) is 0 Å². The number of ether oxygens (including phenoxy) is 4. The number of carbonyl (C=O) groups excluding carboxylic acids is 3. The van der Waals surface area contributed by atoms with Crippen LogP contribution in [0.2, 0.25) is 5.82 Å². The minimum atomic E-state index is -0.645. The van der Waals surface area contributed by atoms with Gasteiger partial charge in [-0.2, -0.15) is 5.82 Å². The third-order valence-corrected chi connectivity index (χ3v) is 5.63. The number of Topliss-reactive ketones (excluding diaryl/α,β-unsaturated/α-hetero) is 1. The standard InChI is InChI=1S/C16H25O7.C6H10BO2.CH3.V.W/c1-6-13(19)7-21-16-10(3)9(2)15(22-12(5)18)14(23-16)8-20-11(4)17;7-5-1-4(3-8)6(9)2-5;;;/h9-10,14-16H,1,6-8H2,2-5H3;2,4-6,8-9H,1,3H2;1H3;;/q3*-1;+2;/t;4-,5-,6+;;;/m.1.../s1. The Hall–Kier alpha value is -0.212. The normalized spacial score (nSPS) is 31.3. The van der Waals surface area contributed by atoms with Crippen LogP contribution in [0.1, 0.15) is 40.5 Å². The molecule has 0 amide bonds. The third-order valence-electron chi connectivity index (χ3n) is 5.63. The van der Waals surface area contributed by atoms with Gasteiger partial charge in [-0.15, -0.1) is 6.42 Å². The van der Waals surface area contributed by atoms with Crippen LogP contribution >= 0.6 is 0 Å². The molecule has 1 aliphatic heterocycles. The summed E-state index contributed by atoms with van der Waals surface area (Å²) in [7, 11) is 5.46. The maximum Gasteiger partial charge on any atom is 2.00 e. The van der Waals surface area contributed by atoms with Gasteiger partial charge in [0.1, 0.15) is 31.2 Å². The van der Waals surface area contributed by atoms with Crippen molar-refractivity contribution in [2.45, 2.75) is 71.0 Å². The van der Waals surface area contributed by atoms with Crippen molar-refractivity contribution in [1.82, 2.24) is 0 Å². The van der Waals surface area contributed by atoms with Gasteiger partial charge in [-0.25, -0.2) is 0 Å². The molecule has 9 nitrogen and oxygen atoms in total. The van der Waals surface area contributed by atoms with Crippen LogP contribution in [-0.2, 0) is 73.0 Å². The van der Waals surface area contributed by atoms with Gasteiger partial charge in [0.25, 0.3) is 0 Å². The Morgan fingerprint density at radius 3 is 2.17 bits per heavy atom. The van der Waals surface area contributed by atoms with Gasteiger partial charge in [-0.3, -0.25) is 9.59 Å². The summed E-state index contributed by atoms with van der Waals surface area (Å²) in [5.41, 5.74) is 0. The second kappa shape index (κ2) is 19.8. The van der Waals surface area contributed by atoms with Crippen LogP contribution in [-0.4, -0.2) is 80.2 Å². The van der Waals surface area contributed by atoms with E-state index < -0.39 is 36.5 Å². The molecule has 2 fully saturated rings. The van der Waals surface area contributed by atoms with Crippen molar-refractivity contribution >= 4 is 25.6 Å². The molecule has 199 valence electrons. The van der Waals surface area contributed by atoms with Gasteiger partial charge in [-0.1, -0.05) is 26.4 Å². The fourth-order valence-electron chi connectivity index (χ4n) is 3.57. The van der Waals surface area contributed by atoms with Crippen molar-refractivity contribution in [3.05, 3.63) is 20.8 Å². The van der Waals surface area contributed by atoms with Gasteiger partial charge in [-0.05, 0) is 5.92 Å². The van der Waals surface area contributed by atoms with E-state index in [1.54, 1.807) is 6.42 Å². The van der Waals surface area contributed by atoms with Gasteiger partial charge >= 0.3 is 30.5 Å². The molecule has 0 bridgehead atoms. The molecule has 0 spiro atoms. The molecule has 1 saturated carbocycles. The number of hydrogen-bond donors (Lipinski definition) is 2. The average molecular weight is 704 g/mol. The minimum absolute atomic E-state index is 0. The Balaban J connectivity index is -0.000000724. The van der Waals surface area contributed by atoms with E-state index in [1.165, 1.54) is 13.8 Å². The fourth-order valence-corrected chi connectivity index (χ4v) is 3.57. The van der Waals surface area contributed by atoms with E-state index in [4.69, 9.17) is 37.0 Å². The number of hydrogen-bond acceptors (Lipinski definition) is 9. The van der Waals surface area contributed by atoms with E-state index in [2.05, 4.69) is 6.92 Å². The Bertz CT molecular complexity index is 628. The van der Waals surface area contributed by atoms with Crippen molar-refractivity contribution in [3.8, 4) is 0 Å². The maximum atomic E-state index is 11.4. The molecule has 2 rings (SSSR count). The first kappa shape index (κ1) is 39.3. The predicted octanol–water partition coefficient (Wildman–Crippen LogP) is 1.25. The van der Waals surface area contributed by atoms with Gasteiger partial charge in [0, 0.05) is 61.2 Å². The molecule has 1 aliphatic carbocycles. The largest absolute Gasteiger partial charge is 2.00 e. The average Bonchev–Trinajstić information content (AvgIpc) is 3.06. The van der Waals surface area contributed by atoms with Crippen LogP contribution in [0.25, 0.3) is 0 Å². The topological polar surface area (TPSA) is 129 Å². The number of esters is 2. The Labute approximate surface area is 237 Å². The molecule has 5 unspecified atom stereocenters. The van der Waals surface area contributed by atoms with E-state index in [0.717, 1.165) is 0 Å². The zero-order valence-electron chi connectivity index (χ0n) is 21.1. The van der Waals surface area contributed by atoms with Crippen molar-refractivity contribution in [3.63, 3.8) is 0 Å². The van der Waals surface area contributed by atoms with E-state index in [0.29, 0.717) is 6.42 Å². The summed E-state index contributed by atoms with van der Waals surface area (Å²) in [6.45, 7) is 9.80. The van der Waals surface area contributed by atoms with Gasteiger partial charge in [0.05, 0.1) is 0 Å². The maximum absolute atomic E-state index is 11.4. The monoisotopic (exact) mass is 704 g/mol. The fraction of sp³-hybridized carbons (Fsp3) is 0.739. The molecule has 12 heteroatoms. The number of aliphatic hydroxyl groups excluding tert-OH is 2. The molecule has 0 aromatic carbocycles. The Morgan fingerprint density at radius 1 is 1.17 bits per heavy atom. The molecule has 8 atom stereocenters. The second-order valence-corrected chi connectivity index (χ2v) is 8.26. The van der Waals surface area contributed by atoms with Gasteiger partial charge in [0.15, 0.2) is 6.29 Å². The van der Waals surface area contributed by atoms with Crippen molar-refractivity contribution in [2.75, 3.05) is 19.8 Å². The Kier molecular flexibility index (Phi) is 22.3. The summed E-state index contributed by atoms with van der Waals surface area (Å²) in [6.07, 6.45) is 0.180. The quantitative estimate of drug-likeness (QED) is 0.218. The van der Waals surface area contributed by atoms with Gasteiger partial charge < -0.3 is 54.7 Å². The number of rotatable bonds is 8. The van der Waals surface area contributed by atoms with Crippen LogP contribution in [0, 0.1) is 38.5 Å². The first-order valence-corrected chi connectivity index (χ1v) is 10.8. The molecule has 2 N–H and O–H groups in total. The molecule has 1 saturated heterocycles. The molecule has 35 heavy (non-hydrogen) atoms. The molecule has 1 heterocycles. The zero-order chi connectivity index (χ0) is 24.4. The van der Waals surface area contributed by atoms with E-state index >= 15 is 0 Å². The summed E-state index contributed by atoms with van der Waals surface area (Å²) >= 11 is 0. The summed E-state index contributed by atoms with van der Waals surface area (Å²) in [5, 5.41) is 17.7. The number of carbonyl (C=O) groups is 3. The van der Waals surface area contributed by atoms with Crippen LogP contribution in [0.5, 0.6) is 0 Å². The van der Waals surface area contributed by atoms with Crippen LogP contribution in [0.4, 0.5) is 0 Å². The molecular formula is C23H38BO9VW-. The van der Waals surface area contributed by atoms with Crippen molar-refractivity contribution < 1.29 is 83.2 Å². The predicted molar refractivity (Wildman–Crippen MR) is 122 cm³/mol. The van der Waals surface area contributed by atoms with Crippen LogP contribution in [0.3, 0.4) is 0 Å². The minimum Gasteiger partial charge on any atom is -0.463 e. The summed E-state index contributed by atoms with van der Waals surface area (Å²) in [6, 6.07) is 0. The third kappa shape index (κ3) is 13.8. The molecule has 0 aromatic heterocycles. The van der Waals surface area contributed by atoms with E-state index in [-0.39, 0.29) is 103 Å². The van der Waals surface area contributed by atoms with Crippen molar-refractivity contribution in [1.29, 1.82) is 0 Å². The zero-order valence-corrected chi connectivity index (χ0v) is 25.5. The number of aliphatic hydroxyl groups is 2.